The highest BCUT2D eigenvalue weighted by Crippen LogP contribution is 2.43. The van der Waals surface area contributed by atoms with Crippen LogP contribution in [0, 0.1) is 5.41 Å². The van der Waals surface area contributed by atoms with E-state index in [9.17, 15) is 13.2 Å². The fraction of sp³-hybridized carbons (Fsp3) is 0.917. The lowest BCUT2D eigenvalue weighted by Crippen LogP contribution is -2.52. The summed E-state index contributed by atoms with van der Waals surface area (Å²) in [6, 6.07) is 0. The first kappa shape index (κ1) is 14.7. The molecule has 6 nitrogen and oxygen atoms in total. The summed E-state index contributed by atoms with van der Waals surface area (Å²) < 4.78 is 30.5. The monoisotopic (exact) mass is 290 g/mol. The van der Waals surface area contributed by atoms with Crippen LogP contribution < -0.4 is 4.72 Å². The van der Waals surface area contributed by atoms with Crippen LogP contribution in [0.3, 0.4) is 0 Å². The number of carbonyl (C=O) groups excluding carboxylic acids is 1. The molecule has 0 aromatic carbocycles. The molecule has 0 aromatic rings. The van der Waals surface area contributed by atoms with Gasteiger partial charge in [-0.2, -0.15) is 0 Å². The van der Waals surface area contributed by atoms with Crippen LogP contribution in [0.25, 0.3) is 0 Å². The van der Waals surface area contributed by atoms with Crippen LogP contribution >= 0.6 is 0 Å². The zero-order chi connectivity index (χ0) is 14.1. The Balaban J connectivity index is 2.02. The third-order valence-electron chi connectivity index (χ3n) is 4.20. The molecule has 0 spiro atoms. The van der Waals surface area contributed by atoms with Crippen molar-refractivity contribution in [2.24, 2.45) is 5.41 Å². The molecule has 2 aliphatic heterocycles. The summed E-state index contributed by atoms with van der Waals surface area (Å²) in [4.78, 5) is 13.4. The van der Waals surface area contributed by atoms with Crippen LogP contribution in [0.5, 0.6) is 0 Å². The zero-order valence-electron chi connectivity index (χ0n) is 11.5. The van der Waals surface area contributed by atoms with Crippen LogP contribution in [0.4, 0.5) is 0 Å². The Morgan fingerprint density at radius 3 is 2.89 bits per heavy atom. The predicted molar refractivity (Wildman–Crippen MR) is 71.1 cm³/mol. The molecule has 2 heterocycles. The van der Waals surface area contributed by atoms with Gasteiger partial charge in [0.25, 0.3) is 0 Å². The molecule has 2 aliphatic rings. The van der Waals surface area contributed by atoms with E-state index in [1.807, 2.05) is 4.90 Å². The van der Waals surface area contributed by atoms with Gasteiger partial charge in [-0.05, 0) is 19.3 Å². The summed E-state index contributed by atoms with van der Waals surface area (Å²) in [6.07, 6.45) is 3.78. The molecule has 1 N–H and O–H groups in total. The number of piperidine rings is 1. The number of fused-ring (bicyclic) bond motifs is 1. The van der Waals surface area contributed by atoms with Gasteiger partial charge in [0.2, 0.25) is 15.9 Å². The lowest BCUT2D eigenvalue weighted by Gasteiger charge is -2.43. The van der Waals surface area contributed by atoms with E-state index < -0.39 is 10.0 Å². The summed E-state index contributed by atoms with van der Waals surface area (Å²) in [5.74, 6) is 0.0841. The fourth-order valence-electron chi connectivity index (χ4n) is 3.16. The number of carbonyl (C=O) groups is 1. The Morgan fingerprint density at radius 2 is 2.26 bits per heavy atom. The van der Waals surface area contributed by atoms with Gasteiger partial charge < -0.3 is 9.64 Å². The SMILES string of the molecule is CC(=O)N1CC[C@@H]2OCC[C@]2(CCNS(C)(=O)=O)C1. The molecule has 0 bridgehead atoms. The first-order valence-electron chi connectivity index (χ1n) is 6.64. The molecule has 1 amide bonds. The molecule has 0 radical (unpaired) electrons. The molecule has 2 saturated heterocycles. The number of ether oxygens (including phenoxy) is 1. The third kappa shape index (κ3) is 3.46. The second kappa shape index (κ2) is 5.38. The smallest absolute Gasteiger partial charge is 0.219 e. The van der Waals surface area contributed by atoms with E-state index in [2.05, 4.69) is 4.72 Å². The molecule has 2 atom stereocenters. The number of nitrogens with one attached hydrogen (secondary N) is 1. The Labute approximate surface area is 114 Å². The number of hydrogen-bond donors (Lipinski definition) is 1. The second-order valence-corrected chi connectivity index (χ2v) is 7.45. The van der Waals surface area contributed by atoms with Gasteiger partial charge in [0.1, 0.15) is 0 Å². The Hall–Kier alpha value is -0.660. The molecule has 2 rings (SSSR count). The normalized spacial score (nSPS) is 31.3. The van der Waals surface area contributed by atoms with Crippen LogP contribution in [-0.4, -0.2) is 57.8 Å². The minimum absolute atomic E-state index is 0.0817. The number of amides is 1. The van der Waals surface area contributed by atoms with Crippen molar-refractivity contribution in [1.29, 1.82) is 0 Å². The molecule has 110 valence electrons. The highest BCUT2D eigenvalue weighted by molar-refractivity contribution is 7.88. The van der Waals surface area contributed by atoms with E-state index >= 15 is 0 Å². The van der Waals surface area contributed by atoms with E-state index in [-0.39, 0.29) is 17.4 Å². The molecule has 0 aliphatic carbocycles. The second-order valence-electron chi connectivity index (χ2n) is 5.62. The average Bonchev–Trinajstić information content (AvgIpc) is 2.69. The van der Waals surface area contributed by atoms with Crippen molar-refractivity contribution in [1.82, 2.24) is 9.62 Å². The maximum absolute atomic E-state index is 11.5. The van der Waals surface area contributed by atoms with E-state index in [0.717, 1.165) is 25.6 Å². The third-order valence-corrected chi connectivity index (χ3v) is 4.93. The van der Waals surface area contributed by atoms with Crippen molar-refractivity contribution in [2.75, 3.05) is 32.5 Å². The van der Waals surface area contributed by atoms with Crippen LogP contribution in [-0.2, 0) is 19.6 Å². The molecule has 0 aromatic heterocycles. The molecule has 2 fully saturated rings. The molecule has 0 unspecified atom stereocenters. The van der Waals surface area contributed by atoms with Gasteiger partial charge in [0.15, 0.2) is 0 Å². The average molecular weight is 290 g/mol. The standard InChI is InChI=1S/C12H22N2O4S/c1-10(15)14-7-3-11-12(9-14,5-8-18-11)4-6-13-19(2,16)17/h11,13H,3-9H2,1-2H3/t11-,12+/m0/s1. The van der Waals surface area contributed by atoms with E-state index in [1.165, 1.54) is 0 Å². The van der Waals surface area contributed by atoms with E-state index in [4.69, 9.17) is 4.74 Å². The number of rotatable bonds is 4. The van der Waals surface area contributed by atoms with Gasteiger partial charge in [-0.3, -0.25) is 4.79 Å². The number of sulfonamides is 1. The Kier molecular flexibility index (Phi) is 4.17. The van der Waals surface area contributed by atoms with Gasteiger partial charge in [-0.15, -0.1) is 0 Å². The minimum atomic E-state index is -3.16. The maximum Gasteiger partial charge on any atom is 0.219 e. The summed E-state index contributed by atoms with van der Waals surface area (Å²) in [5.41, 5.74) is -0.0817. The largest absolute Gasteiger partial charge is 0.377 e. The topological polar surface area (TPSA) is 75.7 Å². The van der Waals surface area contributed by atoms with Crippen LogP contribution in [0.15, 0.2) is 0 Å². The summed E-state index contributed by atoms with van der Waals surface area (Å²) in [6.45, 7) is 4.11. The lowest BCUT2D eigenvalue weighted by molar-refractivity contribution is -0.135. The molecule has 19 heavy (non-hydrogen) atoms. The highest BCUT2D eigenvalue weighted by Gasteiger charge is 2.47. The lowest BCUT2D eigenvalue weighted by atomic mass is 9.74. The minimum Gasteiger partial charge on any atom is -0.377 e. The number of nitrogens with zero attached hydrogens (tertiary/aromatic N) is 1. The van der Waals surface area contributed by atoms with Gasteiger partial charge >= 0.3 is 0 Å². The van der Waals surface area contributed by atoms with Crippen molar-refractivity contribution in [3.05, 3.63) is 0 Å². The number of hydrogen-bond acceptors (Lipinski definition) is 4. The van der Waals surface area contributed by atoms with Crippen LogP contribution in [0.1, 0.15) is 26.2 Å². The van der Waals surface area contributed by atoms with Crippen molar-refractivity contribution < 1.29 is 17.9 Å². The van der Waals surface area contributed by atoms with Crippen LogP contribution in [0.2, 0.25) is 0 Å². The van der Waals surface area contributed by atoms with E-state index in [1.54, 1.807) is 6.92 Å². The quantitative estimate of drug-likeness (QED) is 0.788. The van der Waals surface area contributed by atoms with Gasteiger partial charge in [0, 0.05) is 38.6 Å². The predicted octanol–water partition coefficient (Wildman–Crippen LogP) is -0.0468. The van der Waals surface area contributed by atoms with Crippen molar-refractivity contribution in [2.45, 2.75) is 32.3 Å². The van der Waals surface area contributed by atoms with Crippen molar-refractivity contribution in [3.8, 4) is 0 Å². The number of likely N-dealkylation sites (tertiary alicyclic amines) is 1. The maximum atomic E-state index is 11.5. The summed E-state index contributed by atoms with van der Waals surface area (Å²) in [5, 5.41) is 0. The van der Waals surface area contributed by atoms with E-state index in [0.29, 0.717) is 26.1 Å². The zero-order valence-corrected chi connectivity index (χ0v) is 12.3. The molecular weight excluding hydrogens is 268 g/mol. The Morgan fingerprint density at radius 1 is 1.53 bits per heavy atom. The first-order valence-corrected chi connectivity index (χ1v) is 8.53. The fourth-order valence-corrected chi connectivity index (χ4v) is 3.64. The molecule has 0 saturated carbocycles. The molecular formula is C12H22N2O4S. The van der Waals surface area contributed by atoms with Gasteiger partial charge in [-0.25, -0.2) is 13.1 Å². The van der Waals surface area contributed by atoms with Gasteiger partial charge in [0.05, 0.1) is 12.4 Å². The highest BCUT2D eigenvalue weighted by atomic mass is 32.2. The summed E-state index contributed by atoms with van der Waals surface area (Å²) >= 11 is 0. The van der Waals surface area contributed by atoms with Gasteiger partial charge in [-0.1, -0.05) is 0 Å². The van der Waals surface area contributed by atoms with Crippen molar-refractivity contribution in [3.63, 3.8) is 0 Å². The summed E-state index contributed by atoms with van der Waals surface area (Å²) in [7, 11) is -3.16. The molecule has 7 heteroatoms. The first-order chi connectivity index (χ1) is 8.82. The Bertz CT molecular complexity index is 451. The van der Waals surface area contributed by atoms with Crippen molar-refractivity contribution >= 4 is 15.9 Å².